The minimum Gasteiger partial charge on any atom is -0.329 e. The van der Waals surface area contributed by atoms with E-state index in [0.29, 0.717) is 17.9 Å². The van der Waals surface area contributed by atoms with Gasteiger partial charge in [0.25, 0.3) is 5.56 Å². The van der Waals surface area contributed by atoms with Gasteiger partial charge < -0.3 is 4.52 Å². The third-order valence-corrected chi connectivity index (χ3v) is 4.85. The molecule has 0 spiro atoms. The second-order valence-electron chi connectivity index (χ2n) is 6.80. The second kappa shape index (κ2) is 6.88. The van der Waals surface area contributed by atoms with Gasteiger partial charge in [0, 0.05) is 11.1 Å². The van der Waals surface area contributed by atoms with Gasteiger partial charge >= 0.3 is 12.1 Å². The Morgan fingerprint density at radius 2 is 1.82 bits per heavy atom. The van der Waals surface area contributed by atoms with E-state index in [4.69, 9.17) is 0 Å². The summed E-state index contributed by atoms with van der Waals surface area (Å²) >= 11 is 0. The van der Waals surface area contributed by atoms with Gasteiger partial charge in [0.1, 0.15) is 5.82 Å². The van der Waals surface area contributed by atoms with E-state index in [9.17, 15) is 18.0 Å². The lowest BCUT2D eigenvalue weighted by Gasteiger charge is -2.18. The van der Waals surface area contributed by atoms with Gasteiger partial charge in [0.15, 0.2) is 0 Å². The first-order chi connectivity index (χ1) is 13.3. The van der Waals surface area contributed by atoms with Crippen molar-refractivity contribution in [1.29, 1.82) is 0 Å². The molecule has 0 unspecified atom stereocenters. The summed E-state index contributed by atoms with van der Waals surface area (Å²) in [6.07, 6.45) is -1.04. The molecule has 3 aromatic rings. The van der Waals surface area contributed by atoms with Crippen LogP contribution in [0.1, 0.15) is 41.4 Å². The average molecular weight is 390 g/mol. The smallest absolute Gasteiger partial charge is 0.329 e. The molecule has 0 N–H and O–H groups in total. The molecular weight excluding hydrogens is 373 g/mol. The average Bonchev–Trinajstić information content (AvgIpc) is 3.16. The first-order valence-electron chi connectivity index (χ1n) is 8.92. The maximum Gasteiger partial charge on any atom is 0.471 e. The molecule has 1 aromatic carbocycles. The second-order valence-corrected chi connectivity index (χ2v) is 6.80. The van der Waals surface area contributed by atoms with E-state index >= 15 is 0 Å². The number of hydrogen-bond donors (Lipinski definition) is 0. The molecule has 0 saturated carbocycles. The van der Waals surface area contributed by atoms with E-state index in [1.165, 1.54) is 0 Å². The molecule has 9 heteroatoms. The topological polar surface area (TPSA) is 73.8 Å². The molecule has 0 radical (unpaired) electrons. The highest BCUT2D eigenvalue weighted by Gasteiger charge is 2.38. The zero-order valence-electron chi connectivity index (χ0n) is 15.1. The summed E-state index contributed by atoms with van der Waals surface area (Å²) in [6.45, 7) is 2.15. The van der Waals surface area contributed by atoms with Crippen LogP contribution in [0.25, 0.3) is 11.4 Å². The number of hydrogen-bond acceptors (Lipinski definition) is 5. The molecule has 0 atom stereocenters. The van der Waals surface area contributed by atoms with Crippen LogP contribution in [0.15, 0.2) is 33.6 Å². The molecule has 0 fully saturated rings. The lowest BCUT2D eigenvalue weighted by Crippen LogP contribution is -2.30. The third kappa shape index (κ3) is 3.44. The lowest BCUT2D eigenvalue weighted by atomic mass is 9.97. The molecular formula is C19H17F3N4O2. The Bertz CT molecular complexity index is 1070. The van der Waals surface area contributed by atoms with Crippen molar-refractivity contribution in [3.63, 3.8) is 0 Å². The molecule has 0 amide bonds. The number of benzene rings is 1. The minimum absolute atomic E-state index is 0.0146. The van der Waals surface area contributed by atoms with Gasteiger partial charge in [0.2, 0.25) is 5.82 Å². The van der Waals surface area contributed by atoms with E-state index < -0.39 is 12.1 Å². The Balaban J connectivity index is 1.59. The zero-order valence-corrected chi connectivity index (χ0v) is 15.1. The Hall–Kier alpha value is -2.97. The highest BCUT2D eigenvalue weighted by Crippen LogP contribution is 2.29. The SMILES string of the molecule is Cc1nc2c(c(=O)n1Cc1ccc(-c3noc(C(F)(F)F)n3)cc1)CCCC2. The summed E-state index contributed by atoms with van der Waals surface area (Å²) in [5, 5.41) is 3.37. The fourth-order valence-electron chi connectivity index (χ4n) is 3.39. The van der Waals surface area contributed by atoms with Gasteiger partial charge in [0.05, 0.1) is 12.2 Å². The Morgan fingerprint density at radius 3 is 2.50 bits per heavy atom. The van der Waals surface area contributed by atoms with Crippen LogP contribution in [0.3, 0.4) is 0 Å². The standard InChI is InChI=1S/C19H17F3N4O2/c1-11-23-15-5-3-2-4-14(15)17(27)26(11)10-12-6-8-13(9-7-12)16-24-18(28-25-16)19(20,21)22/h6-9H,2-5,10H2,1H3. The van der Waals surface area contributed by atoms with Crippen LogP contribution < -0.4 is 5.56 Å². The Morgan fingerprint density at radius 1 is 1.11 bits per heavy atom. The minimum atomic E-state index is -4.68. The van der Waals surface area contributed by atoms with Crippen LogP contribution >= 0.6 is 0 Å². The third-order valence-electron chi connectivity index (χ3n) is 4.85. The quantitative estimate of drug-likeness (QED) is 0.684. The predicted molar refractivity (Wildman–Crippen MR) is 93.7 cm³/mol. The van der Waals surface area contributed by atoms with Crippen LogP contribution in [0.5, 0.6) is 0 Å². The van der Waals surface area contributed by atoms with Gasteiger partial charge in [-0.3, -0.25) is 9.36 Å². The van der Waals surface area contributed by atoms with Crippen molar-refractivity contribution in [2.45, 2.75) is 45.3 Å². The number of alkyl halides is 3. The molecule has 0 aliphatic heterocycles. The first-order valence-corrected chi connectivity index (χ1v) is 8.92. The van der Waals surface area contributed by atoms with Gasteiger partial charge in [-0.05, 0) is 38.2 Å². The Labute approximate surface area is 158 Å². The maximum absolute atomic E-state index is 12.8. The van der Waals surface area contributed by atoms with Crippen LogP contribution in [0.2, 0.25) is 0 Å². The monoisotopic (exact) mass is 390 g/mol. The van der Waals surface area contributed by atoms with E-state index in [1.807, 2.05) is 6.92 Å². The fourth-order valence-corrected chi connectivity index (χ4v) is 3.39. The summed E-state index contributed by atoms with van der Waals surface area (Å²) < 4.78 is 43.6. The van der Waals surface area contributed by atoms with Gasteiger partial charge in [-0.1, -0.05) is 29.4 Å². The van der Waals surface area contributed by atoms with Gasteiger partial charge in [-0.15, -0.1) is 0 Å². The summed E-state index contributed by atoms with van der Waals surface area (Å²) in [5.74, 6) is -0.862. The molecule has 6 nitrogen and oxygen atoms in total. The highest BCUT2D eigenvalue weighted by atomic mass is 19.4. The van der Waals surface area contributed by atoms with Crippen molar-refractivity contribution in [2.75, 3.05) is 0 Å². The Kier molecular flexibility index (Phi) is 4.52. The van der Waals surface area contributed by atoms with Crippen molar-refractivity contribution in [2.24, 2.45) is 0 Å². The van der Waals surface area contributed by atoms with Crippen LogP contribution in [-0.2, 0) is 25.6 Å². The molecule has 1 aliphatic rings. The highest BCUT2D eigenvalue weighted by molar-refractivity contribution is 5.54. The van der Waals surface area contributed by atoms with E-state index in [-0.39, 0.29) is 11.4 Å². The van der Waals surface area contributed by atoms with E-state index in [2.05, 4.69) is 19.6 Å². The van der Waals surface area contributed by atoms with E-state index in [0.717, 1.165) is 42.5 Å². The first kappa shape index (κ1) is 18.4. The number of aromatic nitrogens is 4. The molecule has 4 rings (SSSR count). The molecule has 28 heavy (non-hydrogen) atoms. The largest absolute Gasteiger partial charge is 0.471 e. The summed E-state index contributed by atoms with van der Waals surface area (Å²) in [4.78, 5) is 20.8. The molecule has 0 bridgehead atoms. The van der Waals surface area contributed by atoms with Crippen LogP contribution in [0.4, 0.5) is 13.2 Å². The van der Waals surface area contributed by atoms with Crippen LogP contribution in [-0.4, -0.2) is 19.7 Å². The normalized spacial score (nSPS) is 14.1. The van der Waals surface area contributed by atoms with Crippen LogP contribution in [0, 0.1) is 6.92 Å². The molecule has 146 valence electrons. The molecule has 2 heterocycles. The number of rotatable bonds is 3. The number of halogens is 3. The number of fused-ring (bicyclic) bond motifs is 1. The van der Waals surface area contributed by atoms with Crippen molar-refractivity contribution in [3.8, 4) is 11.4 Å². The molecule has 1 aliphatic carbocycles. The summed E-state index contributed by atoms with van der Waals surface area (Å²) in [7, 11) is 0. The lowest BCUT2D eigenvalue weighted by molar-refractivity contribution is -0.159. The summed E-state index contributed by atoms with van der Waals surface area (Å²) in [5.41, 5.74) is 2.90. The predicted octanol–water partition coefficient (Wildman–Crippen LogP) is 3.55. The van der Waals surface area contributed by atoms with Crippen molar-refractivity contribution >= 4 is 0 Å². The van der Waals surface area contributed by atoms with Gasteiger partial charge in [-0.2, -0.15) is 18.2 Å². The van der Waals surface area contributed by atoms with E-state index in [1.54, 1.807) is 28.8 Å². The summed E-state index contributed by atoms with van der Waals surface area (Å²) in [6, 6.07) is 6.66. The van der Waals surface area contributed by atoms with Crippen molar-refractivity contribution in [3.05, 3.63) is 63.2 Å². The maximum atomic E-state index is 12.8. The number of nitrogens with zero attached hydrogens (tertiary/aromatic N) is 4. The zero-order chi connectivity index (χ0) is 19.9. The number of aryl methyl sites for hydroxylation is 2. The molecule has 0 saturated heterocycles. The fraction of sp³-hybridized carbons (Fsp3) is 0.368. The van der Waals surface area contributed by atoms with Crippen molar-refractivity contribution < 1.29 is 17.7 Å². The molecule has 2 aromatic heterocycles. The van der Waals surface area contributed by atoms with Gasteiger partial charge in [-0.25, -0.2) is 4.98 Å². The van der Waals surface area contributed by atoms with Crippen molar-refractivity contribution in [1.82, 2.24) is 19.7 Å².